The van der Waals surface area contributed by atoms with Crippen molar-refractivity contribution in [2.75, 3.05) is 6.54 Å². The van der Waals surface area contributed by atoms with Crippen molar-refractivity contribution >= 4 is 21.6 Å². The number of nitro groups is 1. The zero-order chi connectivity index (χ0) is 13.8. The van der Waals surface area contributed by atoms with Crippen LogP contribution < -0.4 is 5.32 Å². The third-order valence-corrected chi connectivity index (χ3v) is 3.26. The second kappa shape index (κ2) is 5.94. The molecule has 0 aliphatic carbocycles. The first-order valence-corrected chi connectivity index (χ1v) is 6.60. The second-order valence-corrected chi connectivity index (χ2v) is 4.78. The van der Waals surface area contributed by atoms with Gasteiger partial charge in [-0.25, -0.2) is 4.68 Å². The number of non-ortho nitro benzene ring substituents is 1. The number of benzene rings is 1. The Hall–Kier alpha value is -1.73. The highest BCUT2D eigenvalue weighted by Crippen LogP contribution is 2.25. The fourth-order valence-electron chi connectivity index (χ4n) is 1.63. The van der Waals surface area contributed by atoms with Crippen LogP contribution in [0.1, 0.15) is 12.6 Å². The Morgan fingerprint density at radius 3 is 2.95 bits per heavy atom. The van der Waals surface area contributed by atoms with E-state index in [0.29, 0.717) is 12.2 Å². The summed E-state index contributed by atoms with van der Waals surface area (Å²) in [5.41, 5.74) is 1.58. The van der Waals surface area contributed by atoms with Gasteiger partial charge in [-0.1, -0.05) is 6.92 Å². The number of halogens is 1. The minimum Gasteiger partial charge on any atom is -0.311 e. The molecule has 1 aromatic heterocycles. The Labute approximate surface area is 118 Å². The first kappa shape index (κ1) is 13.7. The third kappa shape index (κ3) is 3.18. The van der Waals surface area contributed by atoms with Gasteiger partial charge in [-0.3, -0.25) is 10.1 Å². The molecule has 0 saturated carbocycles. The summed E-state index contributed by atoms with van der Waals surface area (Å²) in [4.78, 5) is 10.4. The van der Waals surface area contributed by atoms with E-state index >= 15 is 0 Å². The Bertz CT molecular complexity index is 597. The summed E-state index contributed by atoms with van der Waals surface area (Å²) in [5.74, 6) is 0. The van der Waals surface area contributed by atoms with E-state index in [1.54, 1.807) is 16.9 Å². The number of nitrogens with one attached hydrogen (secondary N) is 1. The molecular formula is C12H13BrN4O2. The van der Waals surface area contributed by atoms with Crippen LogP contribution in [0.5, 0.6) is 0 Å². The molecule has 2 aromatic rings. The fraction of sp³-hybridized carbons (Fsp3) is 0.250. The molecule has 2 rings (SSSR count). The van der Waals surface area contributed by atoms with Crippen LogP contribution in [0.4, 0.5) is 5.69 Å². The molecule has 6 nitrogen and oxygen atoms in total. The van der Waals surface area contributed by atoms with Crippen molar-refractivity contribution in [3.63, 3.8) is 0 Å². The van der Waals surface area contributed by atoms with Crippen molar-refractivity contribution in [2.24, 2.45) is 0 Å². The van der Waals surface area contributed by atoms with Crippen LogP contribution in [0.15, 0.2) is 34.9 Å². The van der Waals surface area contributed by atoms with Crippen molar-refractivity contribution in [1.29, 1.82) is 0 Å². The van der Waals surface area contributed by atoms with E-state index in [1.807, 2.05) is 13.0 Å². The van der Waals surface area contributed by atoms with Crippen molar-refractivity contribution in [1.82, 2.24) is 15.1 Å². The van der Waals surface area contributed by atoms with Crippen LogP contribution in [0.2, 0.25) is 0 Å². The summed E-state index contributed by atoms with van der Waals surface area (Å²) in [5, 5.41) is 18.4. The largest absolute Gasteiger partial charge is 0.311 e. The quantitative estimate of drug-likeness (QED) is 0.677. The van der Waals surface area contributed by atoms with Crippen LogP contribution in [0.25, 0.3) is 5.69 Å². The topological polar surface area (TPSA) is 73.0 Å². The number of nitro benzene ring substituents is 1. The lowest BCUT2D eigenvalue weighted by Gasteiger charge is -2.04. The lowest BCUT2D eigenvalue weighted by molar-refractivity contribution is -0.384. The SMILES string of the molecule is CCNCc1ccn(-c2cc([N+](=O)[O-])ccc2Br)n1. The average molecular weight is 325 g/mol. The highest BCUT2D eigenvalue weighted by Gasteiger charge is 2.11. The standard InChI is InChI=1S/C12H13BrN4O2/c1-2-14-8-9-5-6-16(15-9)12-7-10(17(18)19)3-4-11(12)13/h3-7,14H,2,8H2,1H3. The van der Waals surface area contributed by atoms with Crippen LogP contribution in [-0.4, -0.2) is 21.2 Å². The van der Waals surface area contributed by atoms with Gasteiger partial charge in [-0.05, 0) is 34.6 Å². The smallest absolute Gasteiger partial charge is 0.271 e. The molecule has 0 unspecified atom stereocenters. The van der Waals surface area contributed by atoms with Crippen molar-refractivity contribution in [3.8, 4) is 5.69 Å². The van der Waals surface area contributed by atoms with Gasteiger partial charge in [0.15, 0.2) is 0 Å². The minimum atomic E-state index is -0.418. The summed E-state index contributed by atoms with van der Waals surface area (Å²) < 4.78 is 2.39. The Balaban J connectivity index is 2.32. The van der Waals surface area contributed by atoms with E-state index in [-0.39, 0.29) is 5.69 Å². The molecule has 1 N–H and O–H groups in total. The van der Waals surface area contributed by atoms with Crippen LogP contribution in [0, 0.1) is 10.1 Å². The molecule has 0 fully saturated rings. The van der Waals surface area contributed by atoms with Gasteiger partial charge in [-0.2, -0.15) is 5.10 Å². The van der Waals surface area contributed by atoms with Gasteiger partial charge in [0.2, 0.25) is 0 Å². The molecule has 0 spiro atoms. The molecular weight excluding hydrogens is 312 g/mol. The van der Waals surface area contributed by atoms with Gasteiger partial charge in [0.1, 0.15) is 0 Å². The number of nitrogens with zero attached hydrogens (tertiary/aromatic N) is 3. The summed E-state index contributed by atoms with van der Waals surface area (Å²) in [6.45, 7) is 3.57. The van der Waals surface area contributed by atoms with Gasteiger partial charge in [0, 0.05) is 29.3 Å². The molecule has 1 heterocycles. The monoisotopic (exact) mass is 324 g/mol. The lowest BCUT2D eigenvalue weighted by atomic mass is 10.3. The summed E-state index contributed by atoms with van der Waals surface area (Å²) in [6.07, 6.45) is 1.79. The van der Waals surface area contributed by atoms with E-state index in [9.17, 15) is 10.1 Å². The fourth-order valence-corrected chi connectivity index (χ4v) is 2.06. The second-order valence-electron chi connectivity index (χ2n) is 3.92. The predicted octanol–water partition coefficient (Wildman–Crippen LogP) is 2.65. The predicted molar refractivity (Wildman–Crippen MR) is 75.3 cm³/mol. The normalized spacial score (nSPS) is 10.6. The van der Waals surface area contributed by atoms with Gasteiger partial charge >= 0.3 is 0 Å². The molecule has 0 amide bonds. The summed E-state index contributed by atoms with van der Waals surface area (Å²) in [7, 11) is 0. The Morgan fingerprint density at radius 1 is 1.47 bits per heavy atom. The van der Waals surface area contributed by atoms with Gasteiger partial charge in [0.05, 0.1) is 16.3 Å². The highest BCUT2D eigenvalue weighted by molar-refractivity contribution is 9.10. The molecule has 0 aliphatic heterocycles. The zero-order valence-electron chi connectivity index (χ0n) is 10.3. The molecule has 0 bridgehead atoms. The Kier molecular flexibility index (Phi) is 4.28. The van der Waals surface area contributed by atoms with E-state index in [1.165, 1.54) is 12.1 Å². The van der Waals surface area contributed by atoms with Crippen molar-refractivity contribution < 1.29 is 4.92 Å². The van der Waals surface area contributed by atoms with Crippen molar-refractivity contribution in [2.45, 2.75) is 13.5 Å². The zero-order valence-corrected chi connectivity index (χ0v) is 11.9. The molecule has 0 aliphatic rings. The maximum atomic E-state index is 10.8. The summed E-state index contributed by atoms with van der Waals surface area (Å²) >= 11 is 3.38. The molecule has 1 aromatic carbocycles. The highest BCUT2D eigenvalue weighted by atomic mass is 79.9. The number of rotatable bonds is 5. The maximum Gasteiger partial charge on any atom is 0.271 e. The molecule has 0 atom stereocenters. The molecule has 19 heavy (non-hydrogen) atoms. The van der Waals surface area contributed by atoms with Gasteiger partial charge in [-0.15, -0.1) is 0 Å². The van der Waals surface area contributed by atoms with Crippen molar-refractivity contribution in [3.05, 3.63) is 50.7 Å². The van der Waals surface area contributed by atoms with E-state index in [4.69, 9.17) is 0 Å². The van der Waals surface area contributed by atoms with Crippen LogP contribution in [-0.2, 0) is 6.54 Å². The first-order chi connectivity index (χ1) is 9.11. The molecule has 100 valence electrons. The Morgan fingerprint density at radius 2 is 2.26 bits per heavy atom. The van der Waals surface area contributed by atoms with Crippen LogP contribution in [0.3, 0.4) is 0 Å². The first-order valence-electron chi connectivity index (χ1n) is 5.81. The average Bonchev–Trinajstić information content (AvgIpc) is 2.85. The molecule has 7 heteroatoms. The number of hydrogen-bond acceptors (Lipinski definition) is 4. The number of hydrogen-bond donors (Lipinski definition) is 1. The maximum absolute atomic E-state index is 10.8. The molecule has 0 saturated heterocycles. The minimum absolute atomic E-state index is 0.0435. The molecule has 0 radical (unpaired) electrons. The van der Waals surface area contributed by atoms with E-state index < -0.39 is 4.92 Å². The van der Waals surface area contributed by atoms with Gasteiger partial charge < -0.3 is 5.32 Å². The van der Waals surface area contributed by atoms with E-state index in [2.05, 4.69) is 26.3 Å². The lowest BCUT2D eigenvalue weighted by Crippen LogP contribution is -2.12. The van der Waals surface area contributed by atoms with E-state index in [0.717, 1.165) is 16.7 Å². The number of aromatic nitrogens is 2. The summed E-state index contributed by atoms with van der Waals surface area (Å²) in [6, 6.07) is 6.48. The van der Waals surface area contributed by atoms with Crippen LogP contribution >= 0.6 is 15.9 Å². The third-order valence-electron chi connectivity index (χ3n) is 2.59. The van der Waals surface area contributed by atoms with Gasteiger partial charge in [0.25, 0.3) is 5.69 Å².